The summed E-state index contributed by atoms with van der Waals surface area (Å²) in [7, 11) is 0. The van der Waals surface area contributed by atoms with E-state index >= 15 is 0 Å². The molecular formula is C24H23ClN4O2. The number of halogens is 1. The molecule has 0 unspecified atom stereocenters. The van der Waals surface area contributed by atoms with Crippen molar-refractivity contribution in [3.63, 3.8) is 0 Å². The molecule has 31 heavy (non-hydrogen) atoms. The molecule has 1 aromatic carbocycles. The summed E-state index contributed by atoms with van der Waals surface area (Å²) in [6, 6.07) is 7.57. The third-order valence-electron chi connectivity index (χ3n) is 5.37. The van der Waals surface area contributed by atoms with Crippen LogP contribution in [0.2, 0.25) is 5.02 Å². The number of pyridine rings is 1. The normalized spacial score (nSPS) is 18.9. The third kappa shape index (κ3) is 3.95. The second-order valence-corrected chi connectivity index (χ2v) is 8.40. The lowest BCUT2D eigenvalue weighted by molar-refractivity contribution is 0.252. The Morgan fingerprint density at radius 1 is 1.29 bits per heavy atom. The summed E-state index contributed by atoms with van der Waals surface area (Å²) in [6.07, 6.45) is 3.56. The van der Waals surface area contributed by atoms with Crippen LogP contribution in [-0.4, -0.2) is 26.1 Å². The minimum atomic E-state index is -1.30. The molecule has 1 aliphatic rings. The van der Waals surface area contributed by atoms with Gasteiger partial charge in [0, 0.05) is 20.7 Å². The summed E-state index contributed by atoms with van der Waals surface area (Å²) >= 11 is 6.30. The zero-order valence-electron chi connectivity index (χ0n) is 19.4. The zero-order valence-corrected chi connectivity index (χ0v) is 18.1. The van der Waals surface area contributed by atoms with E-state index in [0.29, 0.717) is 53.1 Å². The van der Waals surface area contributed by atoms with Gasteiger partial charge in [-0.15, -0.1) is 0 Å². The maximum absolute atomic E-state index is 7.96. The second kappa shape index (κ2) is 7.85. The molecule has 0 radical (unpaired) electrons. The van der Waals surface area contributed by atoms with Gasteiger partial charge in [0.25, 0.3) is 5.89 Å². The lowest BCUT2D eigenvalue weighted by Gasteiger charge is -2.13. The van der Waals surface area contributed by atoms with Crippen LogP contribution in [0.1, 0.15) is 33.1 Å². The number of hydrogen-bond donors (Lipinski definition) is 0. The summed E-state index contributed by atoms with van der Waals surface area (Å²) < 4.78 is 29.2. The number of aryl methyl sites for hydroxylation is 2. The minimum Gasteiger partial charge on any atom is -0.493 e. The van der Waals surface area contributed by atoms with E-state index in [4.69, 9.17) is 23.6 Å². The molecule has 6 nitrogen and oxygen atoms in total. The molecule has 1 fully saturated rings. The van der Waals surface area contributed by atoms with Crippen molar-refractivity contribution < 1.29 is 12.0 Å². The molecule has 4 aromatic rings. The molecule has 0 bridgehead atoms. The highest BCUT2D eigenvalue weighted by atomic mass is 35.5. The molecule has 0 aliphatic heterocycles. The molecule has 3 heterocycles. The minimum absolute atomic E-state index is 0.133. The Balaban J connectivity index is 1.32. The van der Waals surface area contributed by atoms with Crippen LogP contribution < -0.4 is 4.74 Å². The van der Waals surface area contributed by atoms with Crippen LogP contribution in [0.3, 0.4) is 0 Å². The van der Waals surface area contributed by atoms with Crippen LogP contribution in [0.25, 0.3) is 28.6 Å². The maximum atomic E-state index is 7.96. The molecule has 0 amide bonds. The number of rotatable bonds is 5. The summed E-state index contributed by atoms with van der Waals surface area (Å²) in [5, 5.41) is 4.68. The molecule has 0 spiro atoms. The number of allylic oxidation sites excluding steroid dienone is 1. The first-order valence-electron chi connectivity index (χ1n) is 11.1. The van der Waals surface area contributed by atoms with Crippen molar-refractivity contribution in [1.82, 2.24) is 19.5 Å². The second-order valence-electron chi connectivity index (χ2n) is 7.99. The molecule has 1 aliphatic carbocycles. The molecule has 1 saturated carbocycles. The summed E-state index contributed by atoms with van der Waals surface area (Å²) in [5.41, 5.74) is 4.60. The standard InChI is InChI=1S/C24H23ClN4O2/c1-14-4-5-17(8-14)13-30-21-7-6-18(10-16(21)3)22-27-24(31-28-22)20-12-29-11-15(2)9-19(25)23(29)26-20/h6-7,9-12,17H,1,4-5,8,13H2,2-3H3/t17-/m0/s1/i4D2. The van der Waals surface area contributed by atoms with Crippen molar-refractivity contribution in [2.75, 3.05) is 6.61 Å². The molecule has 1 atom stereocenters. The Morgan fingerprint density at radius 3 is 2.94 bits per heavy atom. The predicted octanol–water partition coefficient (Wildman–Crippen LogP) is 6.06. The number of hydrogen-bond acceptors (Lipinski definition) is 5. The van der Waals surface area contributed by atoms with Gasteiger partial charge in [0.15, 0.2) is 5.65 Å². The average Bonchev–Trinajstić information content (AvgIpc) is 3.44. The van der Waals surface area contributed by atoms with Crippen LogP contribution in [0.5, 0.6) is 5.75 Å². The first kappa shape index (κ1) is 17.5. The smallest absolute Gasteiger partial charge is 0.278 e. The average molecular weight is 437 g/mol. The quantitative estimate of drug-likeness (QED) is 0.356. The lowest BCUT2D eigenvalue weighted by Crippen LogP contribution is -2.08. The molecule has 7 heteroatoms. The van der Waals surface area contributed by atoms with Crippen molar-refractivity contribution in [3.05, 3.63) is 65.0 Å². The van der Waals surface area contributed by atoms with Gasteiger partial charge in [-0.25, -0.2) is 4.98 Å². The van der Waals surface area contributed by atoms with Gasteiger partial charge in [-0.3, -0.25) is 0 Å². The number of nitrogens with zero attached hydrogens (tertiary/aromatic N) is 4. The summed E-state index contributed by atoms with van der Waals surface area (Å²) in [4.78, 5) is 9.04. The SMILES string of the molecule is [2H]C1([2H])C[C@H](COc2ccc(-c3noc(-c4cn5cc(C)cc(Cl)c5n4)n3)cc2C)CC1=C. The van der Waals surface area contributed by atoms with E-state index in [9.17, 15) is 0 Å². The van der Waals surface area contributed by atoms with E-state index in [0.717, 1.165) is 22.4 Å². The first-order valence-corrected chi connectivity index (χ1v) is 10.5. The number of imidazole rings is 1. The Labute approximate surface area is 188 Å². The lowest BCUT2D eigenvalue weighted by atomic mass is 10.1. The van der Waals surface area contributed by atoms with Gasteiger partial charge >= 0.3 is 0 Å². The van der Waals surface area contributed by atoms with Gasteiger partial charge < -0.3 is 13.7 Å². The topological polar surface area (TPSA) is 65.5 Å². The van der Waals surface area contributed by atoms with Crippen molar-refractivity contribution in [3.8, 4) is 28.7 Å². The Hall–Kier alpha value is -3.12. The van der Waals surface area contributed by atoms with E-state index in [1.807, 2.05) is 54.9 Å². The predicted molar refractivity (Wildman–Crippen MR) is 120 cm³/mol. The molecule has 0 saturated heterocycles. The Bertz CT molecular complexity index is 1380. The number of ether oxygens (including phenoxy) is 1. The van der Waals surface area contributed by atoms with Crippen molar-refractivity contribution in [2.45, 2.75) is 33.1 Å². The van der Waals surface area contributed by atoms with Gasteiger partial charge in [-0.1, -0.05) is 28.9 Å². The summed E-state index contributed by atoms with van der Waals surface area (Å²) in [5.74, 6) is 1.66. The molecule has 5 rings (SSSR count). The van der Waals surface area contributed by atoms with Crippen LogP contribution >= 0.6 is 11.6 Å². The van der Waals surface area contributed by atoms with E-state index in [1.165, 1.54) is 0 Å². The zero-order chi connectivity index (χ0) is 23.3. The van der Waals surface area contributed by atoms with Gasteiger partial charge in [0.1, 0.15) is 11.4 Å². The highest BCUT2D eigenvalue weighted by Gasteiger charge is 2.19. The van der Waals surface area contributed by atoms with E-state index in [2.05, 4.69) is 21.7 Å². The van der Waals surface area contributed by atoms with E-state index in [1.54, 1.807) is 0 Å². The molecular weight excluding hydrogens is 412 g/mol. The van der Waals surface area contributed by atoms with Crippen LogP contribution in [0.15, 0.2) is 53.3 Å². The van der Waals surface area contributed by atoms with Crippen molar-refractivity contribution in [2.24, 2.45) is 5.92 Å². The van der Waals surface area contributed by atoms with Gasteiger partial charge in [0.2, 0.25) is 5.82 Å². The van der Waals surface area contributed by atoms with E-state index in [-0.39, 0.29) is 5.92 Å². The fourth-order valence-electron chi connectivity index (χ4n) is 3.80. The number of aromatic nitrogens is 4. The fraction of sp³-hybridized carbons (Fsp3) is 0.292. The van der Waals surface area contributed by atoms with Crippen LogP contribution in [0, 0.1) is 19.8 Å². The third-order valence-corrected chi connectivity index (χ3v) is 5.65. The maximum Gasteiger partial charge on any atom is 0.278 e. The fourth-order valence-corrected chi connectivity index (χ4v) is 4.11. The Kier molecular flexibility index (Phi) is 4.45. The van der Waals surface area contributed by atoms with Gasteiger partial charge in [-0.2, -0.15) is 4.98 Å². The highest BCUT2D eigenvalue weighted by molar-refractivity contribution is 6.33. The van der Waals surface area contributed by atoms with Crippen LogP contribution in [0.4, 0.5) is 0 Å². The van der Waals surface area contributed by atoms with Crippen LogP contribution in [-0.2, 0) is 0 Å². The number of fused-ring (bicyclic) bond motifs is 1. The monoisotopic (exact) mass is 436 g/mol. The number of benzene rings is 1. The summed E-state index contributed by atoms with van der Waals surface area (Å²) in [6.45, 7) is 8.24. The van der Waals surface area contributed by atoms with Crippen molar-refractivity contribution >= 4 is 17.2 Å². The molecule has 3 aromatic heterocycles. The largest absolute Gasteiger partial charge is 0.493 e. The van der Waals surface area contributed by atoms with E-state index < -0.39 is 6.37 Å². The molecule has 158 valence electrons. The van der Waals surface area contributed by atoms with Gasteiger partial charge in [0.05, 0.1) is 11.6 Å². The van der Waals surface area contributed by atoms with Crippen molar-refractivity contribution in [1.29, 1.82) is 0 Å². The van der Waals surface area contributed by atoms with Gasteiger partial charge in [-0.05, 0) is 74.4 Å². The first-order chi connectivity index (χ1) is 15.7. The highest BCUT2D eigenvalue weighted by Crippen LogP contribution is 2.31. The molecule has 0 N–H and O–H groups in total. The Morgan fingerprint density at radius 2 is 2.16 bits per heavy atom.